The molecular weight excluding hydrogens is 248 g/mol. The van der Waals surface area contributed by atoms with Gasteiger partial charge in [0.1, 0.15) is 5.75 Å². The Hall–Kier alpha value is -1.06. The van der Waals surface area contributed by atoms with Gasteiger partial charge in [-0.15, -0.1) is 0 Å². The van der Waals surface area contributed by atoms with E-state index < -0.39 is 0 Å². The average molecular weight is 274 g/mol. The van der Waals surface area contributed by atoms with Crippen LogP contribution >= 0.6 is 0 Å². The maximum Gasteiger partial charge on any atom is 0.118 e. The van der Waals surface area contributed by atoms with E-state index in [0.29, 0.717) is 0 Å². The Morgan fingerprint density at radius 2 is 2.00 bits per heavy atom. The largest absolute Gasteiger partial charge is 0.497 e. The number of piperazine rings is 1. The minimum atomic E-state index is 0.744. The molecule has 0 unspecified atom stereocenters. The molecule has 1 aromatic carbocycles. The number of hydrogen-bond donors (Lipinski definition) is 1. The summed E-state index contributed by atoms with van der Waals surface area (Å²) in [4.78, 5) is 2.71. The molecule has 0 bridgehead atoms. The summed E-state index contributed by atoms with van der Waals surface area (Å²) < 4.78 is 5.22. The highest BCUT2D eigenvalue weighted by Gasteiger charge is 2.32. The number of benzene rings is 1. The SMILES string of the molecule is COc1ccc(CCN2CCN[C@H]3CCCC[C@H]32)cc1. The third kappa shape index (κ3) is 3.15. The number of methoxy groups -OCH3 is 1. The van der Waals surface area contributed by atoms with Crippen molar-refractivity contribution in [1.82, 2.24) is 10.2 Å². The number of nitrogens with one attached hydrogen (secondary N) is 1. The van der Waals surface area contributed by atoms with Crippen LogP contribution in [0.2, 0.25) is 0 Å². The van der Waals surface area contributed by atoms with Crippen LogP contribution in [0, 0.1) is 0 Å². The van der Waals surface area contributed by atoms with Crippen molar-refractivity contribution in [2.24, 2.45) is 0 Å². The summed E-state index contributed by atoms with van der Waals surface area (Å²) in [6.45, 7) is 3.55. The molecule has 2 fully saturated rings. The van der Waals surface area contributed by atoms with Crippen LogP contribution in [0.3, 0.4) is 0 Å². The summed E-state index contributed by atoms with van der Waals surface area (Å²) in [6.07, 6.45) is 6.69. The van der Waals surface area contributed by atoms with E-state index in [0.717, 1.165) is 30.8 Å². The number of nitrogens with zero attached hydrogens (tertiary/aromatic N) is 1. The summed E-state index contributed by atoms with van der Waals surface area (Å²) in [6, 6.07) is 10.0. The van der Waals surface area contributed by atoms with Gasteiger partial charge in [-0.3, -0.25) is 4.90 Å². The van der Waals surface area contributed by atoms with Crippen molar-refractivity contribution in [2.45, 2.75) is 44.2 Å². The van der Waals surface area contributed by atoms with Gasteiger partial charge in [-0.2, -0.15) is 0 Å². The maximum atomic E-state index is 5.22. The van der Waals surface area contributed by atoms with Crippen molar-refractivity contribution in [1.29, 1.82) is 0 Å². The van der Waals surface area contributed by atoms with Crippen LogP contribution in [0.1, 0.15) is 31.2 Å². The van der Waals surface area contributed by atoms with Gasteiger partial charge in [-0.25, -0.2) is 0 Å². The Labute approximate surface area is 122 Å². The predicted octanol–water partition coefficient (Wildman–Crippen LogP) is 2.45. The van der Waals surface area contributed by atoms with Crippen molar-refractivity contribution < 1.29 is 4.74 Å². The standard InChI is InChI=1S/C17H26N2O/c1-20-15-8-6-14(7-9-15)10-12-19-13-11-18-16-4-2-3-5-17(16)19/h6-9,16-18H,2-5,10-13H2,1H3/t16-,17+/m0/s1. The third-order valence-electron chi connectivity index (χ3n) is 4.85. The van der Waals surface area contributed by atoms with Gasteiger partial charge >= 0.3 is 0 Å². The molecule has 1 aromatic rings. The van der Waals surface area contributed by atoms with Gasteiger partial charge in [0, 0.05) is 31.7 Å². The van der Waals surface area contributed by atoms with E-state index in [1.165, 1.54) is 44.3 Å². The second-order valence-corrected chi connectivity index (χ2v) is 6.05. The first-order valence-electron chi connectivity index (χ1n) is 7.97. The van der Waals surface area contributed by atoms with Gasteiger partial charge in [0.05, 0.1) is 7.11 Å². The maximum absolute atomic E-state index is 5.22. The van der Waals surface area contributed by atoms with Crippen LogP contribution in [-0.4, -0.2) is 43.7 Å². The predicted molar refractivity (Wildman–Crippen MR) is 82.3 cm³/mol. The van der Waals surface area contributed by atoms with Crippen molar-refractivity contribution in [3.8, 4) is 5.75 Å². The summed E-state index contributed by atoms with van der Waals surface area (Å²) in [5.74, 6) is 0.947. The van der Waals surface area contributed by atoms with Gasteiger partial charge in [0.15, 0.2) is 0 Å². The number of rotatable bonds is 4. The van der Waals surface area contributed by atoms with E-state index in [-0.39, 0.29) is 0 Å². The Kier molecular flexibility index (Phi) is 4.58. The van der Waals surface area contributed by atoms with E-state index >= 15 is 0 Å². The molecule has 2 atom stereocenters. The number of ether oxygens (including phenoxy) is 1. The summed E-state index contributed by atoms with van der Waals surface area (Å²) in [5.41, 5.74) is 1.41. The zero-order valence-electron chi connectivity index (χ0n) is 12.5. The first-order chi connectivity index (χ1) is 9.86. The van der Waals surface area contributed by atoms with Gasteiger partial charge in [-0.05, 0) is 37.0 Å². The zero-order chi connectivity index (χ0) is 13.8. The van der Waals surface area contributed by atoms with Crippen LogP contribution in [-0.2, 0) is 6.42 Å². The van der Waals surface area contributed by atoms with Crippen molar-refractivity contribution in [2.75, 3.05) is 26.7 Å². The first-order valence-corrected chi connectivity index (χ1v) is 7.97. The molecule has 110 valence electrons. The van der Waals surface area contributed by atoms with E-state index in [9.17, 15) is 0 Å². The minimum Gasteiger partial charge on any atom is -0.497 e. The molecule has 2 aliphatic rings. The van der Waals surface area contributed by atoms with Crippen LogP contribution in [0.25, 0.3) is 0 Å². The molecular formula is C17H26N2O. The summed E-state index contributed by atoms with van der Waals surface area (Å²) in [7, 11) is 1.72. The molecule has 1 aliphatic carbocycles. The van der Waals surface area contributed by atoms with Gasteiger partial charge in [0.2, 0.25) is 0 Å². The lowest BCUT2D eigenvalue weighted by molar-refractivity contribution is 0.0893. The van der Waals surface area contributed by atoms with Gasteiger partial charge in [-0.1, -0.05) is 25.0 Å². The second kappa shape index (κ2) is 6.59. The Balaban J connectivity index is 1.56. The normalized spacial score (nSPS) is 27.1. The van der Waals surface area contributed by atoms with Crippen molar-refractivity contribution in [3.63, 3.8) is 0 Å². The fourth-order valence-corrected chi connectivity index (χ4v) is 3.69. The highest BCUT2D eigenvalue weighted by atomic mass is 16.5. The van der Waals surface area contributed by atoms with Crippen molar-refractivity contribution in [3.05, 3.63) is 29.8 Å². The lowest BCUT2D eigenvalue weighted by atomic mass is 9.87. The molecule has 0 radical (unpaired) electrons. The first kappa shape index (κ1) is 13.9. The zero-order valence-corrected chi connectivity index (χ0v) is 12.5. The van der Waals surface area contributed by atoms with Crippen molar-refractivity contribution >= 4 is 0 Å². The number of fused-ring (bicyclic) bond motifs is 1. The van der Waals surface area contributed by atoms with E-state index in [1.54, 1.807) is 7.11 Å². The van der Waals surface area contributed by atoms with Crippen LogP contribution in [0.5, 0.6) is 5.75 Å². The quantitative estimate of drug-likeness (QED) is 0.913. The van der Waals surface area contributed by atoms with Gasteiger partial charge in [0.25, 0.3) is 0 Å². The smallest absolute Gasteiger partial charge is 0.118 e. The third-order valence-corrected chi connectivity index (χ3v) is 4.85. The van der Waals surface area contributed by atoms with E-state index in [2.05, 4.69) is 34.5 Å². The molecule has 1 saturated carbocycles. The molecule has 3 heteroatoms. The number of hydrogen-bond acceptors (Lipinski definition) is 3. The average Bonchev–Trinajstić information content (AvgIpc) is 2.53. The fraction of sp³-hybridized carbons (Fsp3) is 0.647. The molecule has 1 heterocycles. The van der Waals surface area contributed by atoms with Crippen LogP contribution < -0.4 is 10.1 Å². The molecule has 3 rings (SSSR count). The molecule has 0 aromatic heterocycles. The second-order valence-electron chi connectivity index (χ2n) is 6.05. The van der Waals surface area contributed by atoms with E-state index in [4.69, 9.17) is 4.74 Å². The highest BCUT2D eigenvalue weighted by Crippen LogP contribution is 2.25. The molecule has 20 heavy (non-hydrogen) atoms. The molecule has 1 N–H and O–H groups in total. The Morgan fingerprint density at radius 3 is 2.80 bits per heavy atom. The summed E-state index contributed by atoms with van der Waals surface area (Å²) >= 11 is 0. The van der Waals surface area contributed by atoms with Crippen LogP contribution in [0.15, 0.2) is 24.3 Å². The van der Waals surface area contributed by atoms with Gasteiger partial charge < -0.3 is 10.1 Å². The minimum absolute atomic E-state index is 0.744. The van der Waals surface area contributed by atoms with Crippen LogP contribution in [0.4, 0.5) is 0 Å². The summed E-state index contributed by atoms with van der Waals surface area (Å²) in [5, 5.41) is 3.71. The topological polar surface area (TPSA) is 24.5 Å². The Bertz CT molecular complexity index is 416. The molecule has 0 spiro atoms. The molecule has 1 saturated heterocycles. The molecule has 0 amide bonds. The molecule has 1 aliphatic heterocycles. The Morgan fingerprint density at radius 1 is 1.20 bits per heavy atom. The lowest BCUT2D eigenvalue weighted by Gasteiger charge is -2.44. The lowest BCUT2D eigenvalue weighted by Crippen LogP contribution is -2.59. The highest BCUT2D eigenvalue weighted by molar-refractivity contribution is 5.27. The monoisotopic (exact) mass is 274 g/mol. The fourth-order valence-electron chi connectivity index (χ4n) is 3.69. The van der Waals surface area contributed by atoms with E-state index in [1.807, 2.05) is 0 Å². The molecule has 3 nitrogen and oxygen atoms in total.